The van der Waals surface area contributed by atoms with Crippen LogP contribution in [0.4, 0.5) is 0 Å². The second kappa shape index (κ2) is 10.7. The van der Waals surface area contributed by atoms with Gasteiger partial charge in [0.2, 0.25) is 10.5 Å². The van der Waals surface area contributed by atoms with Crippen LogP contribution < -0.4 is 0 Å². The van der Waals surface area contributed by atoms with Gasteiger partial charge in [-0.2, -0.15) is 0 Å². The van der Waals surface area contributed by atoms with E-state index in [4.69, 9.17) is 28.2 Å². The summed E-state index contributed by atoms with van der Waals surface area (Å²) in [6, 6.07) is 12.1. The molecule has 3 nitrogen and oxygen atoms in total. The summed E-state index contributed by atoms with van der Waals surface area (Å²) in [5.74, 6) is -0.429. The highest BCUT2D eigenvalue weighted by Crippen LogP contribution is 2.36. The zero-order chi connectivity index (χ0) is 25.1. The van der Waals surface area contributed by atoms with E-state index in [1.54, 1.807) is 12.1 Å². The Labute approximate surface area is 209 Å². The first kappa shape index (κ1) is 27.5. The number of hydrogen-bond acceptors (Lipinski definition) is 3. The van der Waals surface area contributed by atoms with Crippen LogP contribution in [0.2, 0.25) is 0 Å². The quantitative estimate of drug-likeness (QED) is 0.278. The number of nitrogens with zero attached hydrogens (tertiary/aromatic N) is 1. The van der Waals surface area contributed by atoms with Gasteiger partial charge in [0.25, 0.3) is 0 Å². The lowest BCUT2D eigenvalue weighted by Crippen LogP contribution is -2.21. The summed E-state index contributed by atoms with van der Waals surface area (Å²) in [6.45, 7) is 17.7. The van der Waals surface area contributed by atoms with Crippen LogP contribution >= 0.6 is 23.2 Å². The topological polar surface area (TPSA) is 47.0 Å². The summed E-state index contributed by atoms with van der Waals surface area (Å²) >= 11 is 11.2. The van der Waals surface area contributed by atoms with E-state index >= 15 is 0 Å². The molecule has 5 heteroatoms. The van der Waals surface area contributed by atoms with Gasteiger partial charge in [-0.15, -0.1) is 0 Å². The largest absolute Gasteiger partial charge is 0.280 e. The van der Waals surface area contributed by atoms with Gasteiger partial charge in [0.05, 0.1) is 0 Å². The number of aromatic nitrogens is 1. The van der Waals surface area contributed by atoms with Crippen molar-refractivity contribution in [3.05, 3.63) is 64.5 Å². The monoisotopic (exact) mass is 489 g/mol. The van der Waals surface area contributed by atoms with E-state index in [1.807, 2.05) is 12.1 Å². The van der Waals surface area contributed by atoms with Gasteiger partial charge in [0.15, 0.2) is 0 Å². The summed E-state index contributed by atoms with van der Waals surface area (Å²) in [5, 5.41) is -1.52. The van der Waals surface area contributed by atoms with Crippen molar-refractivity contribution in [2.24, 2.45) is 0 Å². The van der Waals surface area contributed by atoms with Gasteiger partial charge < -0.3 is 0 Å². The molecule has 0 spiro atoms. The summed E-state index contributed by atoms with van der Waals surface area (Å²) in [6.07, 6.45) is 1.97. The zero-order valence-electron chi connectivity index (χ0n) is 21.1. The Bertz CT molecular complexity index is 938. The molecule has 1 aromatic carbocycles. The third kappa shape index (κ3) is 7.13. The number of hydrogen-bond donors (Lipinski definition) is 0. The third-order valence-electron chi connectivity index (χ3n) is 6.28. The van der Waals surface area contributed by atoms with Crippen molar-refractivity contribution in [2.45, 2.75) is 96.8 Å². The van der Waals surface area contributed by atoms with Crippen LogP contribution in [-0.4, -0.2) is 15.5 Å². The molecule has 2 rings (SSSR count). The molecule has 1 aromatic heterocycles. The molecule has 0 fully saturated rings. The standard InChI is InChI=1S/C28H37Cl2NO2/c1-9-18(19-10-12-20(13-11-19)24(25(29)32)26(30)33)14-17(2)21-15-22(27(3,4)5)31-23(16-21)28(6,7)8/h10-13,15-18,24H,9,14H2,1-8H3. The SMILES string of the molecule is CCC(CC(C)c1cc(C(C)(C)C)nc(C(C)(C)C)c1)c1ccc(C(C(=O)Cl)C(=O)Cl)cc1. The van der Waals surface area contributed by atoms with Gasteiger partial charge in [-0.05, 0) is 76.7 Å². The Morgan fingerprint density at radius 3 is 1.61 bits per heavy atom. The van der Waals surface area contributed by atoms with E-state index in [-0.39, 0.29) is 10.8 Å². The Balaban J connectivity index is 2.34. The maximum atomic E-state index is 11.6. The molecular weight excluding hydrogens is 453 g/mol. The molecule has 0 saturated heterocycles. The number of rotatable bonds is 8. The van der Waals surface area contributed by atoms with Gasteiger partial charge in [0.1, 0.15) is 5.92 Å². The van der Waals surface area contributed by atoms with Crippen LogP contribution in [-0.2, 0) is 20.4 Å². The molecule has 0 aliphatic rings. The first-order chi connectivity index (χ1) is 15.1. The zero-order valence-corrected chi connectivity index (χ0v) is 22.6. The van der Waals surface area contributed by atoms with Crippen molar-refractivity contribution < 1.29 is 9.59 Å². The first-order valence-corrected chi connectivity index (χ1v) is 12.4. The number of carbonyl (C=O) groups is 2. The van der Waals surface area contributed by atoms with Crippen LogP contribution in [0.5, 0.6) is 0 Å². The summed E-state index contributed by atoms with van der Waals surface area (Å²) in [5.41, 5.74) is 5.22. The predicted octanol–water partition coefficient (Wildman–Crippen LogP) is 7.98. The normalized spacial score (nSPS) is 14.3. The highest BCUT2D eigenvalue weighted by molar-refractivity contribution is 6.74. The van der Waals surface area contributed by atoms with E-state index < -0.39 is 16.4 Å². The number of pyridine rings is 1. The van der Waals surface area contributed by atoms with E-state index in [9.17, 15) is 9.59 Å². The van der Waals surface area contributed by atoms with Crippen LogP contribution in [0.3, 0.4) is 0 Å². The molecule has 0 aliphatic heterocycles. The lowest BCUT2D eigenvalue weighted by atomic mass is 9.81. The lowest BCUT2D eigenvalue weighted by molar-refractivity contribution is -0.120. The van der Waals surface area contributed by atoms with Gasteiger partial charge >= 0.3 is 0 Å². The smallest absolute Gasteiger partial charge is 0.237 e. The molecule has 180 valence electrons. The summed E-state index contributed by atoms with van der Waals surface area (Å²) in [4.78, 5) is 28.2. The van der Waals surface area contributed by atoms with E-state index in [0.717, 1.165) is 24.2 Å². The van der Waals surface area contributed by atoms with Crippen molar-refractivity contribution >= 4 is 33.7 Å². The fourth-order valence-corrected chi connectivity index (χ4v) is 4.52. The Hall–Kier alpha value is -1.71. The van der Waals surface area contributed by atoms with Crippen molar-refractivity contribution in [2.75, 3.05) is 0 Å². The highest BCUT2D eigenvalue weighted by Gasteiger charge is 2.27. The first-order valence-electron chi connectivity index (χ1n) is 11.7. The fraction of sp³-hybridized carbons (Fsp3) is 0.536. The third-order valence-corrected chi connectivity index (χ3v) is 6.72. The van der Waals surface area contributed by atoms with Crippen molar-refractivity contribution in [1.29, 1.82) is 0 Å². The maximum Gasteiger partial charge on any atom is 0.237 e. The molecule has 0 saturated carbocycles. The van der Waals surface area contributed by atoms with Crippen molar-refractivity contribution in [3.8, 4) is 0 Å². The number of carbonyl (C=O) groups excluding carboxylic acids is 2. The second-order valence-corrected chi connectivity index (χ2v) is 11.9. The second-order valence-electron chi connectivity index (χ2n) is 11.1. The van der Waals surface area contributed by atoms with Crippen LogP contribution in [0.15, 0.2) is 36.4 Å². The number of halogens is 2. The molecular formula is C28H37Cl2NO2. The maximum absolute atomic E-state index is 11.6. The fourth-order valence-electron chi connectivity index (χ4n) is 4.02. The van der Waals surface area contributed by atoms with Crippen molar-refractivity contribution in [3.63, 3.8) is 0 Å². The van der Waals surface area contributed by atoms with Gasteiger partial charge in [-0.1, -0.05) is 79.7 Å². The minimum Gasteiger partial charge on any atom is -0.280 e. The Morgan fingerprint density at radius 1 is 0.818 bits per heavy atom. The molecule has 0 amide bonds. The van der Waals surface area contributed by atoms with E-state index in [0.29, 0.717) is 17.4 Å². The molecule has 2 unspecified atom stereocenters. The molecule has 0 N–H and O–H groups in total. The minimum absolute atomic E-state index is 0.0219. The molecule has 0 aliphatic carbocycles. The Morgan fingerprint density at radius 2 is 1.24 bits per heavy atom. The van der Waals surface area contributed by atoms with Gasteiger partial charge in [0, 0.05) is 22.2 Å². The summed E-state index contributed by atoms with van der Waals surface area (Å²) < 4.78 is 0. The molecule has 33 heavy (non-hydrogen) atoms. The van der Waals surface area contributed by atoms with E-state index in [2.05, 4.69) is 67.5 Å². The minimum atomic E-state index is -1.12. The van der Waals surface area contributed by atoms with Crippen LogP contribution in [0.25, 0.3) is 0 Å². The molecule has 1 heterocycles. The molecule has 2 atom stereocenters. The Kier molecular flexibility index (Phi) is 8.92. The lowest BCUT2D eigenvalue weighted by Gasteiger charge is -2.27. The van der Waals surface area contributed by atoms with Crippen LogP contribution in [0.1, 0.15) is 114 Å². The molecule has 2 aromatic rings. The summed E-state index contributed by atoms with van der Waals surface area (Å²) in [7, 11) is 0. The average molecular weight is 491 g/mol. The van der Waals surface area contributed by atoms with Crippen molar-refractivity contribution in [1.82, 2.24) is 4.98 Å². The molecule has 0 bridgehead atoms. The number of benzene rings is 1. The van der Waals surface area contributed by atoms with E-state index in [1.165, 1.54) is 11.1 Å². The highest BCUT2D eigenvalue weighted by atomic mass is 35.5. The van der Waals surface area contributed by atoms with Gasteiger partial charge in [-0.25, -0.2) is 0 Å². The molecule has 0 radical (unpaired) electrons. The predicted molar refractivity (Wildman–Crippen MR) is 139 cm³/mol. The average Bonchev–Trinajstić information content (AvgIpc) is 2.70. The van der Waals surface area contributed by atoms with Gasteiger partial charge in [-0.3, -0.25) is 14.6 Å². The van der Waals surface area contributed by atoms with Crippen LogP contribution in [0, 0.1) is 0 Å².